The van der Waals surface area contributed by atoms with Gasteiger partial charge in [0.15, 0.2) is 23.9 Å². The molecule has 20 nitrogen and oxygen atoms in total. The maximum absolute atomic E-state index is 13.6. The predicted molar refractivity (Wildman–Crippen MR) is 397 cm³/mol. The van der Waals surface area contributed by atoms with Crippen molar-refractivity contribution in [2.24, 2.45) is 0 Å². The molecule has 101 heavy (non-hydrogen) atoms. The molecule has 608 valence electrons. The zero-order valence-corrected chi connectivity index (χ0v) is 71.0. The van der Waals surface area contributed by atoms with Crippen LogP contribution in [0.2, 0.25) is 0 Å². The molecule has 0 radical (unpaired) electrons. The minimum absolute atomic E-state index is 0. The van der Waals surface area contributed by atoms with Gasteiger partial charge in [-0.1, -0.05) is 241 Å². The monoisotopic (exact) mass is 1490 g/mol. The van der Waals surface area contributed by atoms with E-state index in [4.69, 9.17) is 75.8 Å². The first-order chi connectivity index (χ1) is 48.2. The van der Waals surface area contributed by atoms with E-state index in [-0.39, 0.29) is 21.7 Å². The molecule has 0 saturated heterocycles. The van der Waals surface area contributed by atoms with Crippen molar-refractivity contribution in [3.8, 4) is 0 Å². The normalized spacial score (nSPS) is 12.6. The Hall–Kier alpha value is -0.0857. The Labute approximate surface area is 637 Å². The van der Waals surface area contributed by atoms with Gasteiger partial charge in [0.25, 0.3) is 0 Å². The summed E-state index contributed by atoms with van der Waals surface area (Å²) in [5.41, 5.74) is 0. The fraction of sp³-hybridized carbons (Fsp3) is 1.00. The third-order valence-corrected chi connectivity index (χ3v) is 16.7. The summed E-state index contributed by atoms with van der Waals surface area (Å²) in [4.78, 5) is 0. The van der Waals surface area contributed by atoms with Crippen LogP contribution in [-0.4, -0.2) is 153 Å². The predicted octanol–water partition coefficient (Wildman–Crippen LogP) is 17.5. The summed E-state index contributed by atoms with van der Waals surface area (Å²) in [5.74, 6) is -14.1. The first-order valence-electron chi connectivity index (χ1n) is 41.3. The minimum Gasteiger partial charge on any atom is -0.803 e. The summed E-state index contributed by atoms with van der Waals surface area (Å²) in [7, 11) is 0. The van der Waals surface area contributed by atoms with Gasteiger partial charge in [-0.15, -0.1) is 0 Å². The van der Waals surface area contributed by atoms with Gasteiger partial charge >= 0.3 is 21.7 Å². The van der Waals surface area contributed by atoms with Crippen molar-refractivity contribution < 1.29 is 118 Å². The smallest absolute Gasteiger partial charge is 0.803 e. The van der Waals surface area contributed by atoms with Gasteiger partial charge in [-0.25, -0.2) is 0 Å². The molecule has 0 rings (SSSR count). The zero-order chi connectivity index (χ0) is 76.1. The van der Waals surface area contributed by atoms with Gasteiger partial charge in [0.2, 0.25) is 23.1 Å². The molecule has 0 heterocycles. The van der Waals surface area contributed by atoms with Gasteiger partial charge in [-0.05, 0) is 103 Å². The summed E-state index contributed by atoms with van der Waals surface area (Å²) in [6.45, 7) is 47.4. The molecule has 0 aromatic heterocycles. The van der Waals surface area contributed by atoms with Crippen LogP contribution in [0.1, 0.15) is 370 Å². The summed E-state index contributed by atoms with van der Waals surface area (Å²) < 4.78 is 93.7. The van der Waals surface area contributed by atoms with Crippen LogP contribution in [0, 0.1) is 0 Å². The van der Waals surface area contributed by atoms with Gasteiger partial charge in [0, 0.05) is 78.5 Å². The van der Waals surface area contributed by atoms with Crippen LogP contribution < -0.4 is 20.4 Å². The van der Waals surface area contributed by atoms with E-state index < -0.39 is 47.0 Å². The standard InChI is InChI=1S/4C20H41O5.Ti/c4*1-6-11-15-22-19(10-5,23-16-12-7-2)20(21,24-17-13-8-3)25-18-14-9-4;/h4*6-18H2,1-5H3;/q4*-1;+4. The van der Waals surface area contributed by atoms with E-state index in [0.717, 1.165) is 205 Å². The maximum Gasteiger partial charge on any atom is 4.00 e. The maximum atomic E-state index is 13.6. The third kappa shape index (κ3) is 46.3. The Morgan fingerprint density at radius 3 is 0.297 bits per heavy atom. The molecule has 21 heteroatoms. The molecular weight excluding hydrogens is 1330 g/mol. The molecule has 0 atom stereocenters. The molecule has 0 N–H and O–H groups in total. The number of unbranched alkanes of at least 4 members (excludes halogenated alkanes) is 16. The number of rotatable bonds is 72. The molecular formula is C80H164O20Ti. The number of hydrogen-bond acceptors (Lipinski definition) is 20. The Bertz CT molecular complexity index is 1340. The molecule has 0 spiro atoms. The van der Waals surface area contributed by atoms with Gasteiger partial charge < -0.3 is 96.2 Å². The molecule has 0 saturated carbocycles. The van der Waals surface area contributed by atoms with E-state index in [1.807, 2.05) is 27.7 Å². The Morgan fingerprint density at radius 2 is 0.228 bits per heavy atom. The fourth-order valence-electron chi connectivity index (χ4n) is 9.46. The van der Waals surface area contributed by atoms with Crippen molar-refractivity contribution in [2.45, 2.75) is 417 Å². The van der Waals surface area contributed by atoms with Gasteiger partial charge in [-0.3, -0.25) is 0 Å². The summed E-state index contributed by atoms with van der Waals surface area (Å²) in [6.07, 6.45) is 30.6. The summed E-state index contributed by atoms with van der Waals surface area (Å²) in [6, 6.07) is 0. The Morgan fingerprint density at radius 1 is 0.149 bits per heavy atom. The van der Waals surface area contributed by atoms with E-state index in [1.54, 1.807) is 0 Å². The molecule has 0 aliphatic carbocycles. The van der Waals surface area contributed by atoms with Gasteiger partial charge in [-0.2, -0.15) is 0 Å². The zero-order valence-electron chi connectivity index (χ0n) is 69.4. The minimum atomic E-state index is -2.13. The van der Waals surface area contributed by atoms with Crippen LogP contribution in [0.15, 0.2) is 0 Å². The Balaban J connectivity index is -0.000000404. The first-order valence-corrected chi connectivity index (χ1v) is 41.3. The molecule has 0 fully saturated rings. The largest absolute Gasteiger partial charge is 4.00 e. The average Bonchev–Trinajstić information content (AvgIpc) is 0.815. The summed E-state index contributed by atoms with van der Waals surface area (Å²) in [5, 5.41) is 54.4. The molecule has 0 aromatic rings. The number of ether oxygens (including phenoxy) is 16. The van der Waals surface area contributed by atoms with Gasteiger partial charge in [0.05, 0.1) is 52.9 Å². The van der Waals surface area contributed by atoms with Crippen LogP contribution in [0.3, 0.4) is 0 Å². The van der Waals surface area contributed by atoms with Crippen molar-refractivity contribution in [2.75, 3.05) is 106 Å². The molecule has 0 amide bonds. The fourth-order valence-corrected chi connectivity index (χ4v) is 9.46. The van der Waals surface area contributed by atoms with Crippen LogP contribution in [0.4, 0.5) is 0 Å². The Kier molecular flexibility index (Phi) is 78.9. The van der Waals surface area contributed by atoms with Crippen LogP contribution in [-0.2, 0) is 97.5 Å². The van der Waals surface area contributed by atoms with Crippen molar-refractivity contribution in [3.05, 3.63) is 0 Å². The molecule has 0 aromatic carbocycles. The van der Waals surface area contributed by atoms with Crippen molar-refractivity contribution >= 4 is 0 Å². The van der Waals surface area contributed by atoms with Crippen molar-refractivity contribution in [3.63, 3.8) is 0 Å². The quantitative estimate of drug-likeness (QED) is 0.0312. The molecule has 0 aliphatic rings. The second-order valence-electron chi connectivity index (χ2n) is 25.9. The second kappa shape index (κ2) is 72.8. The van der Waals surface area contributed by atoms with Crippen LogP contribution >= 0.6 is 0 Å². The first kappa shape index (κ1) is 110. The van der Waals surface area contributed by atoms with Gasteiger partial charge in [0.1, 0.15) is 0 Å². The van der Waals surface area contributed by atoms with E-state index in [1.165, 1.54) is 0 Å². The summed E-state index contributed by atoms with van der Waals surface area (Å²) >= 11 is 0. The SMILES string of the molecule is CCCCOC([O-])(OCCCC)C(CC)(OCCCC)OCCCC.CCCCOC([O-])(OCCCC)C(CC)(OCCCC)OCCCC.CCCCOC([O-])(OCCCC)C(CC)(OCCCC)OCCCC.CCCCOC([O-])(OCCCC)C(CC)(OCCCC)OCCCC.[Ti+4]. The van der Waals surface area contributed by atoms with E-state index in [9.17, 15) is 20.4 Å². The number of hydrogen-bond donors (Lipinski definition) is 0. The van der Waals surface area contributed by atoms with Crippen LogP contribution in [0.5, 0.6) is 0 Å². The van der Waals surface area contributed by atoms with Crippen LogP contribution in [0.25, 0.3) is 0 Å². The van der Waals surface area contributed by atoms with E-state index in [0.29, 0.717) is 131 Å². The molecule has 0 bridgehead atoms. The van der Waals surface area contributed by atoms with Crippen molar-refractivity contribution in [1.29, 1.82) is 0 Å². The topological polar surface area (TPSA) is 240 Å². The third-order valence-electron chi connectivity index (χ3n) is 16.7. The second-order valence-corrected chi connectivity index (χ2v) is 25.9. The van der Waals surface area contributed by atoms with E-state index >= 15 is 0 Å². The average molecular weight is 1490 g/mol. The van der Waals surface area contributed by atoms with E-state index in [2.05, 4.69) is 111 Å². The van der Waals surface area contributed by atoms with Crippen molar-refractivity contribution in [1.82, 2.24) is 0 Å². The molecule has 0 unspecified atom stereocenters. The molecule has 0 aliphatic heterocycles.